The molecule has 90 valence electrons. The lowest BCUT2D eigenvalue weighted by atomic mass is 9.95. The number of carbonyl (C=O) groups excluding carboxylic acids is 1. The molecule has 2 aromatic carbocycles. The normalized spacial score (nSPS) is 13.8. The fraction of sp³-hybridized carbons (Fsp3) is 0.118. The Morgan fingerprint density at radius 1 is 1.00 bits per heavy atom. The van der Waals surface area contributed by atoms with E-state index in [0.29, 0.717) is 12.5 Å². The van der Waals surface area contributed by atoms with Crippen molar-refractivity contribution >= 4 is 12.3 Å². The van der Waals surface area contributed by atoms with Gasteiger partial charge in [-0.25, -0.2) is 0 Å². The highest BCUT2D eigenvalue weighted by Gasteiger charge is 2.06. The minimum atomic E-state index is -0.0357. The van der Waals surface area contributed by atoms with Gasteiger partial charge in [0, 0.05) is 12.3 Å². The third kappa shape index (κ3) is 3.42. The second kappa shape index (κ2) is 6.55. The molecule has 1 atom stereocenters. The van der Waals surface area contributed by atoms with Gasteiger partial charge in [0.1, 0.15) is 6.29 Å². The summed E-state index contributed by atoms with van der Waals surface area (Å²) in [5.41, 5.74) is 1.93. The van der Waals surface area contributed by atoms with Gasteiger partial charge >= 0.3 is 0 Å². The fourth-order valence-electron chi connectivity index (χ4n) is 1.84. The first-order chi connectivity index (χ1) is 9.31. The molecule has 18 heavy (non-hydrogen) atoms. The molecule has 1 heteroatoms. The van der Waals surface area contributed by atoms with E-state index in [2.05, 4.69) is 0 Å². The molecular formula is C17H16O. The van der Waals surface area contributed by atoms with Gasteiger partial charge in [-0.15, -0.1) is 0 Å². The number of aldehydes is 1. The quantitative estimate of drug-likeness (QED) is 0.716. The molecule has 0 fully saturated rings. The Labute approximate surface area is 109 Å². The van der Waals surface area contributed by atoms with Crippen molar-refractivity contribution in [1.82, 2.24) is 0 Å². The van der Waals surface area contributed by atoms with Crippen LogP contribution in [0.4, 0.5) is 0 Å². The number of carbonyl (C=O) groups is 1. The Morgan fingerprint density at radius 3 is 2.22 bits per heavy atom. The van der Waals surface area contributed by atoms with E-state index in [4.69, 9.17) is 1.37 Å². The van der Waals surface area contributed by atoms with Crippen LogP contribution in [0.15, 0.2) is 66.7 Å². The van der Waals surface area contributed by atoms with Gasteiger partial charge in [-0.2, -0.15) is 0 Å². The maximum Gasteiger partial charge on any atom is 0.120 e. The third-order valence-corrected chi connectivity index (χ3v) is 2.80. The van der Waals surface area contributed by atoms with Crippen molar-refractivity contribution in [2.45, 2.75) is 12.3 Å². The molecule has 0 aliphatic carbocycles. The highest BCUT2D eigenvalue weighted by atomic mass is 16.1. The summed E-state index contributed by atoms with van der Waals surface area (Å²) in [7, 11) is 0. The van der Waals surface area contributed by atoms with Crippen molar-refractivity contribution in [3.8, 4) is 0 Å². The van der Waals surface area contributed by atoms with Crippen molar-refractivity contribution in [2.24, 2.45) is 0 Å². The van der Waals surface area contributed by atoms with Crippen LogP contribution >= 0.6 is 0 Å². The molecule has 0 saturated carbocycles. The second-order valence-corrected chi connectivity index (χ2v) is 4.10. The monoisotopic (exact) mass is 237 g/mol. The lowest BCUT2D eigenvalue weighted by Gasteiger charge is -2.09. The Morgan fingerprint density at radius 2 is 1.61 bits per heavy atom. The SMILES string of the molecule is [2H]/C(=C\C(CC=O)c1ccccc1)c1ccccc1. The van der Waals surface area contributed by atoms with Crippen LogP contribution in [0.25, 0.3) is 6.05 Å². The van der Waals surface area contributed by atoms with Crippen LogP contribution in [0, 0.1) is 0 Å². The van der Waals surface area contributed by atoms with Gasteiger partial charge in [-0.3, -0.25) is 0 Å². The van der Waals surface area contributed by atoms with E-state index in [1.807, 2.05) is 66.7 Å². The Kier molecular flexibility index (Phi) is 3.99. The summed E-state index contributed by atoms with van der Waals surface area (Å²) in [6.07, 6.45) is 3.16. The third-order valence-electron chi connectivity index (χ3n) is 2.80. The van der Waals surface area contributed by atoms with Crippen molar-refractivity contribution in [2.75, 3.05) is 0 Å². The topological polar surface area (TPSA) is 17.1 Å². The van der Waals surface area contributed by atoms with Gasteiger partial charge in [0.05, 0.1) is 1.37 Å². The standard InChI is InChI=1S/C17H16O/c18-14-13-17(16-9-5-2-6-10-16)12-11-15-7-3-1-4-8-15/h1-12,14,17H,13H2/b12-11+/i11D. The van der Waals surface area contributed by atoms with Gasteiger partial charge in [0.25, 0.3) is 0 Å². The summed E-state index contributed by atoms with van der Waals surface area (Å²) < 4.78 is 8.12. The van der Waals surface area contributed by atoms with Gasteiger partial charge in [-0.1, -0.05) is 72.8 Å². The molecule has 0 aliphatic rings. The molecular weight excluding hydrogens is 220 g/mol. The van der Waals surface area contributed by atoms with Crippen molar-refractivity contribution in [3.05, 3.63) is 77.9 Å². The lowest BCUT2D eigenvalue weighted by molar-refractivity contribution is -0.108. The number of hydrogen-bond donors (Lipinski definition) is 0. The predicted molar refractivity (Wildman–Crippen MR) is 75.3 cm³/mol. The maximum atomic E-state index is 10.8. The smallest absolute Gasteiger partial charge is 0.120 e. The predicted octanol–water partition coefficient (Wildman–Crippen LogP) is 4.07. The summed E-state index contributed by atoms with van der Waals surface area (Å²) >= 11 is 0. The summed E-state index contributed by atoms with van der Waals surface area (Å²) in [6.45, 7) is 0. The number of allylic oxidation sites excluding steroid dienone is 1. The lowest BCUT2D eigenvalue weighted by Crippen LogP contribution is -1.95. The molecule has 0 heterocycles. The zero-order valence-corrected chi connectivity index (χ0v) is 10.1. The minimum absolute atomic E-state index is 0.0357. The van der Waals surface area contributed by atoms with Gasteiger partial charge in [0.15, 0.2) is 0 Å². The number of benzene rings is 2. The van der Waals surface area contributed by atoms with Crippen molar-refractivity contribution in [3.63, 3.8) is 0 Å². The van der Waals surface area contributed by atoms with Crippen LogP contribution in [0.3, 0.4) is 0 Å². The van der Waals surface area contributed by atoms with Crippen LogP contribution in [0.5, 0.6) is 0 Å². The first-order valence-electron chi connectivity index (χ1n) is 6.53. The highest BCUT2D eigenvalue weighted by Crippen LogP contribution is 2.21. The van der Waals surface area contributed by atoms with Crippen molar-refractivity contribution in [1.29, 1.82) is 0 Å². The molecule has 1 unspecified atom stereocenters. The van der Waals surface area contributed by atoms with Crippen molar-refractivity contribution < 1.29 is 6.17 Å². The van der Waals surface area contributed by atoms with E-state index in [1.54, 1.807) is 0 Å². The van der Waals surface area contributed by atoms with Gasteiger partial charge in [-0.05, 0) is 11.1 Å². The first kappa shape index (κ1) is 11.0. The zero-order chi connectivity index (χ0) is 13.5. The van der Waals surface area contributed by atoms with Crippen LogP contribution in [-0.2, 0) is 4.79 Å². The first-order valence-corrected chi connectivity index (χ1v) is 6.03. The maximum absolute atomic E-state index is 10.8. The largest absolute Gasteiger partial charge is 0.303 e. The van der Waals surface area contributed by atoms with Crippen LogP contribution in [0.2, 0.25) is 0 Å². The van der Waals surface area contributed by atoms with Crippen LogP contribution in [-0.4, -0.2) is 6.29 Å². The highest BCUT2D eigenvalue weighted by molar-refractivity contribution is 5.56. The molecule has 0 bridgehead atoms. The zero-order valence-electron chi connectivity index (χ0n) is 11.1. The summed E-state index contributed by atoms with van der Waals surface area (Å²) in [6, 6.07) is 19.8. The molecule has 0 saturated heterocycles. The summed E-state index contributed by atoms with van der Waals surface area (Å²) in [4.78, 5) is 10.8. The second-order valence-electron chi connectivity index (χ2n) is 4.10. The summed E-state index contributed by atoms with van der Waals surface area (Å²) in [5, 5.41) is 0. The fourth-order valence-corrected chi connectivity index (χ4v) is 1.84. The van der Waals surface area contributed by atoms with Crippen LogP contribution < -0.4 is 0 Å². The number of rotatable bonds is 5. The van der Waals surface area contributed by atoms with Gasteiger partial charge in [0.2, 0.25) is 0 Å². The molecule has 0 N–H and O–H groups in total. The molecule has 0 aromatic heterocycles. The molecule has 0 spiro atoms. The van der Waals surface area contributed by atoms with E-state index in [0.717, 1.165) is 17.4 Å². The Hall–Kier alpha value is -2.15. The number of hydrogen-bond acceptors (Lipinski definition) is 1. The van der Waals surface area contributed by atoms with E-state index >= 15 is 0 Å². The average Bonchev–Trinajstić information content (AvgIpc) is 2.48. The van der Waals surface area contributed by atoms with E-state index in [1.165, 1.54) is 0 Å². The minimum Gasteiger partial charge on any atom is -0.303 e. The molecule has 0 aliphatic heterocycles. The van der Waals surface area contributed by atoms with E-state index in [9.17, 15) is 4.79 Å². The van der Waals surface area contributed by atoms with Crippen LogP contribution in [0.1, 0.15) is 24.8 Å². The van der Waals surface area contributed by atoms with E-state index < -0.39 is 0 Å². The molecule has 1 nitrogen and oxygen atoms in total. The molecule has 2 aromatic rings. The summed E-state index contributed by atoms with van der Waals surface area (Å²) in [5.74, 6) is -0.0357. The molecule has 0 amide bonds. The molecule has 0 radical (unpaired) electrons. The van der Waals surface area contributed by atoms with Gasteiger partial charge < -0.3 is 4.79 Å². The Balaban J connectivity index is 2.28. The molecule has 2 rings (SSSR count). The average molecular weight is 237 g/mol. The van der Waals surface area contributed by atoms with E-state index in [-0.39, 0.29) is 5.92 Å². The Bertz CT molecular complexity index is 546.